The van der Waals surface area contributed by atoms with E-state index < -0.39 is 0 Å². The topological polar surface area (TPSA) is 41.9 Å². The van der Waals surface area contributed by atoms with Crippen molar-refractivity contribution in [2.24, 2.45) is 0 Å². The van der Waals surface area contributed by atoms with Crippen LogP contribution in [0.4, 0.5) is 5.69 Å². The number of aromatic nitrogens is 2. The highest BCUT2D eigenvalue weighted by Gasteiger charge is 2.09. The highest BCUT2D eigenvalue weighted by molar-refractivity contribution is 7.80. The fraction of sp³-hybridized carbons (Fsp3) is 0.286. The smallest absolute Gasteiger partial charge is 0.171 e. The molecule has 1 atom stereocenters. The summed E-state index contributed by atoms with van der Waals surface area (Å²) < 4.78 is 1.90. The van der Waals surface area contributed by atoms with E-state index in [1.165, 1.54) is 0 Å². The first kappa shape index (κ1) is 13.5. The summed E-state index contributed by atoms with van der Waals surface area (Å²) in [6.45, 7) is 4.98. The first-order chi connectivity index (χ1) is 9.19. The number of nitrogens with zero attached hydrogens (tertiary/aromatic N) is 2. The predicted octanol–water partition coefficient (Wildman–Crippen LogP) is 2.95. The number of rotatable bonds is 4. The van der Waals surface area contributed by atoms with Crippen LogP contribution in [0.15, 0.2) is 42.6 Å². The summed E-state index contributed by atoms with van der Waals surface area (Å²) in [5.74, 6) is 0. The lowest BCUT2D eigenvalue weighted by Gasteiger charge is -2.15. The SMILES string of the molecule is CCn1ccc(C(C)NC(=S)Nc2ccccc2)n1. The van der Waals surface area contributed by atoms with Gasteiger partial charge in [-0.05, 0) is 44.3 Å². The van der Waals surface area contributed by atoms with Gasteiger partial charge in [-0.25, -0.2) is 0 Å². The van der Waals surface area contributed by atoms with Gasteiger partial charge in [-0.3, -0.25) is 4.68 Å². The molecule has 0 saturated carbocycles. The van der Waals surface area contributed by atoms with E-state index in [0.717, 1.165) is 17.9 Å². The minimum atomic E-state index is 0.0801. The molecule has 0 amide bonds. The van der Waals surface area contributed by atoms with Gasteiger partial charge in [0.1, 0.15) is 0 Å². The summed E-state index contributed by atoms with van der Waals surface area (Å²) in [7, 11) is 0. The molecule has 1 unspecified atom stereocenters. The molecule has 0 fully saturated rings. The van der Waals surface area contributed by atoms with Gasteiger partial charge in [0.05, 0.1) is 11.7 Å². The van der Waals surface area contributed by atoms with Gasteiger partial charge in [0.2, 0.25) is 0 Å². The Hall–Kier alpha value is -1.88. The second-order valence-electron chi connectivity index (χ2n) is 4.28. The lowest BCUT2D eigenvalue weighted by atomic mass is 10.2. The van der Waals surface area contributed by atoms with Crippen LogP contribution >= 0.6 is 12.2 Å². The molecule has 0 aliphatic heterocycles. The highest BCUT2D eigenvalue weighted by atomic mass is 32.1. The van der Waals surface area contributed by atoms with Gasteiger partial charge in [-0.15, -0.1) is 0 Å². The minimum absolute atomic E-state index is 0.0801. The first-order valence-electron chi connectivity index (χ1n) is 6.35. The normalized spacial score (nSPS) is 11.9. The Morgan fingerprint density at radius 2 is 2.05 bits per heavy atom. The molecule has 0 saturated heterocycles. The van der Waals surface area contributed by atoms with E-state index in [9.17, 15) is 0 Å². The van der Waals surface area contributed by atoms with Crippen molar-refractivity contribution in [3.63, 3.8) is 0 Å². The van der Waals surface area contributed by atoms with Crippen molar-refractivity contribution in [1.82, 2.24) is 15.1 Å². The molecule has 1 aromatic heterocycles. The summed E-state index contributed by atoms with van der Waals surface area (Å²) >= 11 is 5.29. The zero-order valence-electron chi connectivity index (χ0n) is 11.1. The van der Waals surface area contributed by atoms with E-state index >= 15 is 0 Å². The molecule has 5 heteroatoms. The second-order valence-corrected chi connectivity index (χ2v) is 4.69. The summed E-state index contributed by atoms with van der Waals surface area (Å²) in [6.07, 6.45) is 1.97. The van der Waals surface area contributed by atoms with Crippen molar-refractivity contribution >= 4 is 23.0 Å². The van der Waals surface area contributed by atoms with Crippen LogP contribution in [0.5, 0.6) is 0 Å². The molecule has 100 valence electrons. The predicted molar refractivity (Wildman–Crippen MR) is 82.1 cm³/mol. The minimum Gasteiger partial charge on any atom is -0.354 e. The molecule has 0 spiro atoms. The van der Waals surface area contributed by atoms with Crippen molar-refractivity contribution in [3.8, 4) is 0 Å². The first-order valence-corrected chi connectivity index (χ1v) is 6.75. The van der Waals surface area contributed by atoms with Gasteiger partial charge >= 0.3 is 0 Å². The molecule has 19 heavy (non-hydrogen) atoms. The maximum atomic E-state index is 5.29. The molecule has 2 rings (SSSR count). The number of para-hydroxylation sites is 1. The van der Waals surface area contributed by atoms with Gasteiger partial charge < -0.3 is 10.6 Å². The molecule has 0 bridgehead atoms. The Bertz CT molecular complexity index is 535. The number of hydrogen-bond donors (Lipinski definition) is 2. The average molecular weight is 274 g/mol. The third kappa shape index (κ3) is 3.79. The van der Waals surface area contributed by atoms with Gasteiger partial charge in [-0.2, -0.15) is 5.10 Å². The molecular weight excluding hydrogens is 256 g/mol. The highest BCUT2D eigenvalue weighted by Crippen LogP contribution is 2.10. The zero-order chi connectivity index (χ0) is 13.7. The van der Waals surface area contributed by atoms with Crippen molar-refractivity contribution < 1.29 is 0 Å². The van der Waals surface area contributed by atoms with Crippen LogP contribution in [0, 0.1) is 0 Å². The number of hydrogen-bond acceptors (Lipinski definition) is 2. The maximum absolute atomic E-state index is 5.29. The van der Waals surface area contributed by atoms with Crippen molar-refractivity contribution in [2.75, 3.05) is 5.32 Å². The Labute approximate surface area is 118 Å². The standard InChI is InChI=1S/C14H18N4S/c1-3-18-10-9-13(17-18)11(2)15-14(19)16-12-7-5-4-6-8-12/h4-11H,3H2,1-2H3,(H2,15,16,19). The van der Waals surface area contributed by atoms with Gasteiger partial charge in [0, 0.05) is 18.4 Å². The van der Waals surface area contributed by atoms with E-state index in [2.05, 4.69) is 22.7 Å². The fourth-order valence-electron chi connectivity index (χ4n) is 1.74. The van der Waals surface area contributed by atoms with Crippen LogP contribution in [0.2, 0.25) is 0 Å². The van der Waals surface area contributed by atoms with Gasteiger partial charge in [-0.1, -0.05) is 18.2 Å². The van der Waals surface area contributed by atoms with E-state index in [-0.39, 0.29) is 6.04 Å². The fourth-order valence-corrected chi connectivity index (χ4v) is 2.04. The molecule has 0 aliphatic carbocycles. The van der Waals surface area contributed by atoms with Crippen molar-refractivity contribution in [1.29, 1.82) is 0 Å². The molecule has 2 aromatic rings. The summed E-state index contributed by atoms with van der Waals surface area (Å²) in [6, 6.07) is 12.0. The number of benzene rings is 1. The number of thiocarbonyl (C=S) groups is 1. The lowest BCUT2D eigenvalue weighted by Crippen LogP contribution is -2.31. The lowest BCUT2D eigenvalue weighted by molar-refractivity contribution is 0.613. The Balaban J connectivity index is 1.91. The maximum Gasteiger partial charge on any atom is 0.171 e. The van der Waals surface area contributed by atoms with E-state index in [1.807, 2.05) is 54.2 Å². The zero-order valence-corrected chi connectivity index (χ0v) is 11.9. The third-order valence-corrected chi connectivity index (χ3v) is 3.03. The van der Waals surface area contributed by atoms with Crippen LogP contribution in [0.25, 0.3) is 0 Å². The van der Waals surface area contributed by atoms with Crippen molar-refractivity contribution in [2.45, 2.75) is 26.4 Å². The Morgan fingerprint density at radius 1 is 1.32 bits per heavy atom. The average Bonchev–Trinajstić information content (AvgIpc) is 2.88. The van der Waals surface area contributed by atoms with Crippen LogP contribution in [-0.4, -0.2) is 14.9 Å². The van der Waals surface area contributed by atoms with E-state index in [0.29, 0.717) is 5.11 Å². The molecule has 1 aromatic carbocycles. The summed E-state index contributed by atoms with van der Waals surface area (Å²) in [5, 5.41) is 11.4. The Kier molecular flexibility index (Phi) is 4.52. The molecule has 4 nitrogen and oxygen atoms in total. The number of anilines is 1. The summed E-state index contributed by atoms with van der Waals surface area (Å²) in [5.41, 5.74) is 1.96. The third-order valence-electron chi connectivity index (χ3n) is 2.81. The molecular formula is C14H18N4S. The second kappa shape index (κ2) is 6.33. The van der Waals surface area contributed by atoms with E-state index in [4.69, 9.17) is 12.2 Å². The monoisotopic (exact) mass is 274 g/mol. The number of nitrogens with one attached hydrogen (secondary N) is 2. The number of aryl methyl sites for hydroxylation is 1. The quantitative estimate of drug-likeness (QED) is 0.841. The van der Waals surface area contributed by atoms with Crippen LogP contribution in [-0.2, 0) is 6.54 Å². The van der Waals surface area contributed by atoms with Crippen molar-refractivity contribution in [3.05, 3.63) is 48.3 Å². The van der Waals surface area contributed by atoms with Gasteiger partial charge in [0.15, 0.2) is 5.11 Å². The summed E-state index contributed by atoms with van der Waals surface area (Å²) in [4.78, 5) is 0. The molecule has 0 aliphatic rings. The molecule has 0 radical (unpaired) electrons. The largest absolute Gasteiger partial charge is 0.354 e. The Morgan fingerprint density at radius 3 is 2.68 bits per heavy atom. The van der Waals surface area contributed by atoms with E-state index in [1.54, 1.807) is 0 Å². The van der Waals surface area contributed by atoms with Crippen LogP contribution in [0.1, 0.15) is 25.6 Å². The molecule has 2 N–H and O–H groups in total. The molecule has 1 heterocycles. The van der Waals surface area contributed by atoms with Crippen LogP contribution in [0.3, 0.4) is 0 Å². The van der Waals surface area contributed by atoms with Crippen LogP contribution < -0.4 is 10.6 Å². The van der Waals surface area contributed by atoms with Gasteiger partial charge in [0.25, 0.3) is 0 Å².